The van der Waals surface area contributed by atoms with Gasteiger partial charge in [0, 0.05) is 19.3 Å². The molecule has 2 amide bonds. The van der Waals surface area contributed by atoms with E-state index in [-0.39, 0.29) is 6.03 Å². The van der Waals surface area contributed by atoms with Crippen LogP contribution >= 0.6 is 0 Å². The van der Waals surface area contributed by atoms with Crippen LogP contribution in [0.3, 0.4) is 0 Å². The Kier molecular flexibility index (Phi) is 4.34. The number of carbonyl (C=O) groups excluding carboxylic acids is 1. The van der Waals surface area contributed by atoms with E-state index in [1.807, 2.05) is 13.8 Å². The van der Waals surface area contributed by atoms with Gasteiger partial charge in [-0.1, -0.05) is 5.21 Å². The number of H-pyrrole nitrogens is 1. The van der Waals surface area contributed by atoms with E-state index >= 15 is 0 Å². The van der Waals surface area contributed by atoms with Gasteiger partial charge in [-0.15, -0.1) is 5.10 Å². The molecule has 0 radical (unpaired) electrons. The van der Waals surface area contributed by atoms with Gasteiger partial charge in [0.2, 0.25) is 0 Å². The maximum atomic E-state index is 11.6. The van der Waals surface area contributed by atoms with E-state index in [1.54, 1.807) is 13.2 Å². The Hall–Kier alpha value is -2.38. The van der Waals surface area contributed by atoms with Crippen molar-refractivity contribution in [2.45, 2.75) is 26.7 Å². The molecule has 0 atom stereocenters. The van der Waals surface area contributed by atoms with E-state index in [9.17, 15) is 4.79 Å². The first-order valence-corrected chi connectivity index (χ1v) is 6.48. The standard InChI is InChI=1S/C12H19N7O/c1-8-10(9(2)16-15-8)5-4-6-13-12(20)14-11-7-19(3)18-17-11/h7H,4-6H2,1-3H3,(H,15,16)(H2,13,14,20). The van der Waals surface area contributed by atoms with Crippen LogP contribution in [0.1, 0.15) is 23.4 Å². The largest absolute Gasteiger partial charge is 0.338 e. The summed E-state index contributed by atoms with van der Waals surface area (Å²) in [6.45, 7) is 4.58. The molecule has 3 N–H and O–H groups in total. The molecule has 0 aromatic carbocycles. The molecule has 20 heavy (non-hydrogen) atoms. The molecule has 8 heteroatoms. The second-order valence-electron chi connectivity index (χ2n) is 4.67. The van der Waals surface area contributed by atoms with Gasteiger partial charge in [0.1, 0.15) is 0 Å². The Morgan fingerprint density at radius 2 is 2.25 bits per heavy atom. The normalized spacial score (nSPS) is 10.6. The number of urea groups is 1. The van der Waals surface area contributed by atoms with Crippen molar-refractivity contribution in [3.8, 4) is 0 Å². The van der Waals surface area contributed by atoms with Gasteiger partial charge in [0.05, 0.1) is 11.9 Å². The van der Waals surface area contributed by atoms with Crippen molar-refractivity contribution in [3.05, 3.63) is 23.1 Å². The number of hydrogen-bond acceptors (Lipinski definition) is 4. The fourth-order valence-corrected chi connectivity index (χ4v) is 1.97. The lowest BCUT2D eigenvalue weighted by Gasteiger charge is -2.05. The lowest BCUT2D eigenvalue weighted by Crippen LogP contribution is -2.29. The molecule has 0 fully saturated rings. The van der Waals surface area contributed by atoms with Crippen LogP contribution in [0, 0.1) is 13.8 Å². The highest BCUT2D eigenvalue weighted by molar-refractivity contribution is 5.87. The van der Waals surface area contributed by atoms with Gasteiger partial charge in [-0.25, -0.2) is 4.79 Å². The third kappa shape index (κ3) is 3.56. The zero-order chi connectivity index (χ0) is 14.5. The predicted molar refractivity (Wildman–Crippen MR) is 74.4 cm³/mol. The molecular formula is C12H19N7O. The maximum absolute atomic E-state index is 11.6. The van der Waals surface area contributed by atoms with Gasteiger partial charge in [0.15, 0.2) is 5.82 Å². The Morgan fingerprint density at radius 3 is 2.85 bits per heavy atom. The minimum Gasteiger partial charge on any atom is -0.338 e. The highest BCUT2D eigenvalue weighted by atomic mass is 16.2. The zero-order valence-corrected chi connectivity index (χ0v) is 11.9. The molecule has 0 aliphatic rings. The highest BCUT2D eigenvalue weighted by Crippen LogP contribution is 2.11. The number of anilines is 1. The van der Waals surface area contributed by atoms with Crippen LogP contribution in [0.25, 0.3) is 0 Å². The summed E-state index contributed by atoms with van der Waals surface area (Å²) >= 11 is 0. The van der Waals surface area contributed by atoms with E-state index in [0.717, 1.165) is 24.2 Å². The minimum atomic E-state index is -0.272. The molecule has 0 aliphatic carbocycles. The van der Waals surface area contributed by atoms with E-state index in [2.05, 4.69) is 31.1 Å². The van der Waals surface area contributed by atoms with Crippen molar-refractivity contribution in [3.63, 3.8) is 0 Å². The third-order valence-corrected chi connectivity index (χ3v) is 3.01. The maximum Gasteiger partial charge on any atom is 0.320 e. The summed E-state index contributed by atoms with van der Waals surface area (Å²) in [7, 11) is 1.74. The number of aromatic amines is 1. The Bertz CT molecular complexity index is 567. The fourth-order valence-electron chi connectivity index (χ4n) is 1.97. The van der Waals surface area contributed by atoms with E-state index in [4.69, 9.17) is 0 Å². The number of hydrogen-bond donors (Lipinski definition) is 3. The average Bonchev–Trinajstić information content (AvgIpc) is 2.93. The monoisotopic (exact) mass is 277 g/mol. The number of rotatable bonds is 5. The Labute approximate surface area is 116 Å². The van der Waals surface area contributed by atoms with Crippen molar-refractivity contribution in [1.82, 2.24) is 30.5 Å². The molecule has 2 heterocycles. The number of amides is 2. The first-order chi connectivity index (χ1) is 9.56. The van der Waals surface area contributed by atoms with Crippen LogP contribution in [0.2, 0.25) is 0 Å². The average molecular weight is 277 g/mol. The predicted octanol–water partition coefficient (Wildman–Crippen LogP) is 0.909. The van der Waals surface area contributed by atoms with Crippen LogP contribution in [0.5, 0.6) is 0 Å². The molecule has 0 unspecified atom stereocenters. The molecular weight excluding hydrogens is 258 g/mol. The summed E-state index contributed by atoms with van der Waals surface area (Å²) in [5, 5.41) is 20.0. The van der Waals surface area contributed by atoms with Crippen molar-refractivity contribution in [2.75, 3.05) is 11.9 Å². The number of carbonyl (C=O) groups is 1. The summed E-state index contributed by atoms with van der Waals surface area (Å²) in [5.74, 6) is 0.437. The third-order valence-electron chi connectivity index (χ3n) is 3.01. The lowest BCUT2D eigenvalue weighted by atomic mass is 10.1. The van der Waals surface area contributed by atoms with E-state index in [0.29, 0.717) is 12.4 Å². The van der Waals surface area contributed by atoms with Crippen molar-refractivity contribution >= 4 is 11.8 Å². The van der Waals surface area contributed by atoms with E-state index < -0.39 is 0 Å². The summed E-state index contributed by atoms with van der Waals surface area (Å²) in [5.41, 5.74) is 3.33. The molecule has 0 saturated carbocycles. The van der Waals surface area contributed by atoms with Gasteiger partial charge in [-0.3, -0.25) is 15.1 Å². The first kappa shape index (κ1) is 14.0. The summed E-state index contributed by atoms with van der Waals surface area (Å²) in [6, 6.07) is -0.272. The van der Waals surface area contributed by atoms with Gasteiger partial charge in [0.25, 0.3) is 0 Å². The van der Waals surface area contributed by atoms with Crippen molar-refractivity contribution in [2.24, 2.45) is 7.05 Å². The molecule has 8 nitrogen and oxygen atoms in total. The topological polar surface area (TPSA) is 101 Å². The van der Waals surface area contributed by atoms with Gasteiger partial charge < -0.3 is 5.32 Å². The molecule has 0 bridgehead atoms. The van der Waals surface area contributed by atoms with Crippen molar-refractivity contribution in [1.29, 1.82) is 0 Å². The van der Waals surface area contributed by atoms with Crippen LogP contribution in [0.15, 0.2) is 6.20 Å². The Balaban J connectivity index is 1.69. The molecule has 0 spiro atoms. The number of aromatic nitrogens is 5. The smallest absolute Gasteiger partial charge is 0.320 e. The molecule has 2 rings (SSSR count). The Morgan fingerprint density at radius 1 is 1.45 bits per heavy atom. The SMILES string of the molecule is Cc1n[nH]c(C)c1CCCNC(=O)Nc1cn(C)nn1. The van der Waals surface area contributed by atoms with Crippen molar-refractivity contribution < 1.29 is 4.79 Å². The summed E-state index contributed by atoms with van der Waals surface area (Å²) < 4.78 is 1.53. The van der Waals surface area contributed by atoms with Crippen LogP contribution in [-0.4, -0.2) is 37.8 Å². The van der Waals surface area contributed by atoms with Gasteiger partial charge in [-0.2, -0.15) is 5.10 Å². The molecule has 2 aromatic heterocycles. The van der Waals surface area contributed by atoms with Crippen LogP contribution < -0.4 is 10.6 Å². The van der Waals surface area contributed by atoms with E-state index in [1.165, 1.54) is 10.2 Å². The number of aryl methyl sites for hydroxylation is 3. The molecule has 108 valence electrons. The highest BCUT2D eigenvalue weighted by Gasteiger charge is 2.07. The molecule has 2 aromatic rings. The summed E-state index contributed by atoms with van der Waals surface area (Å²) in [4.78, 5) is 11.6. The lowest BCUT2D eigenvalue weighted by molar-refractivity contribution is 0.252. The van der Waals surface area contributed by atoms with Crippen LogP contribution in [0.4, 0.5) is 10.6 Å². The second-order valence-corrected chi connectivity index (χ2v) is 4.67. The zero-order valence-electron chi connectivity index (χ0n) is 11.9. The fraction of sp³-hybridized carbons (Fsp3) is 0.500. The number of nitrogens with zero attached hydrogens (tertiary/aromatic N) is 4. The molecule has 0 saturated heterocycles. The summed E-state index contributed by atoms with van der Waals surface area (Å²) in [6.07, 6.45) is 3.38. The second kappa shape index (κ2) is 6.18. The molecule has 0 aliphatic heterocycles. The first-order valence-electron chi connectivity index (χ1n) is 6.48. The van der Waals surface area contributed by atoms with Gasteiger partial charge >= 0.3 is 6.03 Å². The van der Waals surface area contributed by atoms with Gasteiger partial charge in [-0.05, 0) is 32.3 Å². The quantitative estimate of drug-likeness (QED) is 0.707. The van der Waals surface area contributed by atoms with Crippen LogP contribution in [-0.2, 0) is 13.5 Å². The minimum absolute atomic E-state index is 0.272. The number of nitrogens with one attached hydrogen (secondary N) is 3.